The average molecular weight is 488 g/mol. The van der Waals surface area contributed by atoms with Gasteiger partial charge in [0.1, 0.15) is 18.5 Å². The lowest BCUT2D eigenvalue weighted by Crippen LogP contribution is -2.53. The Balaban J connectivity index is 1.46. The van der Waals surface area contributed by atoms with Gasteiger partial charge < -0.3 is 29.7 Å². The molecule has 0 unspecified atom stereocenters. The number of ether oxygens (including phenoxy) is 3. The van der Waals surface area contributed by atoms with Crippen molar-refractivity contribution in [2.45, 2.75) is 37.5 Å². The van der Waals surface area contributed by atoms with Crippen molar-refractivity contribution in [1.82, 2.24) is 4.90 Å². The van der Waals surface area contributed by atoms with Gasteiger partial charge in [0.15, 0.2) is 0 Å². The Morgan fingerprint density at radius 1 is 1.12 bits per heavy atom. The standard InChI is InChI=1S/C24H26ClN3O6/c1-28-19-9-8-17(12-22(29)32-2)34-21(19)13-33-20-10-7-16(11-18(20)23(28)30)27-24(31)26-15-5-3-14(25)4-6-15/h3-7,10-11,17,19,21H,8-9,12-13H2,1-2H3,(H2,26,27,31)/t17-,19+,21+/m1/s1. The van der Waals surface area contributed by atoms with Gasteiger partial charge in [-0.15, -0.1) is 0 Å². The molecular weight excluding hydrogens is 462 g/mol. The van der Waals surface area contributed by atoms with Crippen molar-refractivity contribution in [2.24, 2.45) is 0 Å². The second-order valence-electron chi connectivity index (χ2n) is 8.25. The molecule has 1 saturated heterocycles. The van der Waals surface area contributed by atoms with Gasteiger partial charge >= 0.3 is 12.0 Å². The van der Waals surface area contributed by atoms with Crippen LogP contribution in [0, 0.1) is 0 Å². The monoisotopic (exact) mass is 487 g/mol. The van der Waals surface area contributed by atoms with Crippen LogP contribution in [0.5, 0.6) is 5.75 Å². The predicted octanol–water partition coefficient (Wildman–Crippen LogP) is 3.93. The van der Waals surface area contributed by atoms with Crippen LogP contribution in [0.1, 0.15) is 29.6 Å². The van der Waals surface area contributed by atoms with Gasteiger partial charge in [-0.2, -0.15) is 0 Å². The van der Waals surface area contributed by atoms with Crippen LogP contribution in [0.3, 0.4) is 0 Å². The predicted molar refractivity (Wildman–Crippen MR) is 126 cm³/mol. The molecule has 9 nitrogen and oxygen atoms in total. The zero-order valence-corrected chi connectivity index (χ0v) is 19.6. The molecule has 0 aromatic heterocycles. The minimum Gasteiger partial charge on any atom is -0.490 e. The number of nitrogens with zero attached hydrogens (tertiary/aromatic N) is 1. The molecule has 2 aromatic carbocycles. The highest BCUT2D eigenvalue weighted by atomic mass is 35.5. The summed E-state index contributed by atoms with van der Waals surface area (Å²) in [6.07, 6.45) is 0.835. The first kappa shape index (κ1) is 23.8. The maximum Gasteiger partial charge on any atom is 0.323 e. The van der Waals surface area contributed by atoms with E-state index < -0.39 is 6.03 Å². The summed E-state index contributed by atoms with van der Waals surface area (Å²) in [7, 11) is 3.08. The Morgan fingerprint density at radius 2 is 1.82 bits per heavy atom. The number of nitrogens with one attached hydrogen (secondary N) is 2. The van der Waals surface area contributed by atoms with Gasteiger partial charge in [0.2, 0.25) is 0 Å². The van der Waals surface area contributed by atoms with Crippen molar-refractivity contribution in [3.8, 4) is 5.75 Å². The first-order valence-corrected chi connectivity index (χ1v) is 11.3. The third-order valence-corrected chi connectivity index (χ3v) is 6.25. The molecule has 34 heavy (non-hydrogen) atoms. The van der Waals surface area contributed by atoms with E-state index in [4.69, 9.17) is 25.8 Å². The average Bonchev–Trinajstić information content (AvgIpc) is 2.83. The Kier molecular flexibility index (Phi) is 7.23. The van der Waals surface area contributed by atoms with E-state index in [1.165, 1.54) is 7.11 Å². The fourth-order valence-corrected chi connectivity index (χ4v) is 4.33. The summed E-state index contributed by atoms with van der Waals surface area (Å²) in [6, 6.07) is 11.0. The van der Waals surface area contributed by atoms with Crippen LogP contribution in [-0.4, -0.2) is 61.8 Å². The van der Waals surface area contributed by atoms with Gasteiger partial charge in [0, 0.05) is 23.4 Å². The SMILES string of the molecule is COC(=O)C[C@H]1CC[C@H]2[C@H](COc3ccc(NC(=O)Nc4ccc(Cl)cc4)cc3C(=O)N2C)O1. The highest BCUT2D eigenvalue weighted by molar-refractivity contribution is 6.30. The van der Waals surface area contributed by atoms with Crippen molar-refractivity contribution in [3.05, 3.63) is 53.1 Å². The van der Waals surface area contributed by atoms with Gasteiger partial charge in [-0.25, -0.2) is 4.79 Å². The Hall–Kier alpha value is -3.30. The highest BCUT2D eigenvalue weighted by Gasteiger charge is 2.39. The Morgan fingerprint density at radius 3 is 2.56 bits per heavy atom. The van der Waals surface area contributed by atoms with Crippen LogP contribution in [-0.2, 0) is 14.3 Å². The quantitative estimate of drug-likeness (QED) is 0.633. The van der Waals surface area contributed by atoms with Gasteiger partial charge in [-0.3, -0.25) is 9.59 Å². The molecule has 1 fully saturated rings. The number of urea groups is 1. The highest BCUT2D eigenvalue weighted by Crippen LogP contribution is 2.32. The van der Waals surface area contributed by atoms with E-state index in [0.717, 1.165) is 0 Å². The number of hydrogen-bond acceptors (Lipinski definition) is 6. The van der Waals surface area contributed by atoms with Crippen LogP contribution in [0.4, 0.5) is 16.2 Å². The number of halogens is 1. The first-order valence-electron chi connectivity index (χ1n) is 10.9. The van der Waals surface area contributed by atoms with E-state index >= 15 is 0 Å². The van der Waals surface area contributed by atoms with Crippen molar-refractivity contribution in [3.63, 3.8) is 0 Å². The molecule has 0 spiro atoms. The molecule has 0 bridgehead atoms. The van der Waals surface area contributed by atoms with Crippen LogP contribution in [0.25, 0.3) is 0 Å². The summed E-state index contributed by atoms with van der Waals surface area (Å²) >= 11 is 5.87. The van der Waals surface area contributed by atoms with Gasteiger partial charge in [-0.05, 0) is 55.3 Å². The smallest absolute Gasteiger partial charge is 0.323 e. The number of rotatable bonds is 4. The zero-order valence-electron chi connectivity index (χ0n) is 18.9. The summed E-state index contributed by atoms with van der Waals surface area (Å²) in [5, 5.41) is 6.02. The summed E-state index contributed by atoms with van der Waals surface area (Å²) < 4.78 is 16.8. The molecule has 3 amide bonds. The zero-order chi connectivity index (χ0) is 24.2. The van der Waals surface area contributed by atoms with E-state index in [-0.39, 0.29) is 43.2 Å². The third kappa shape index (κ3) is 5.43. The second-order valence-corrected chi connectivity index (χ2v) is 8.68. The van der Waals surface area contributed by atoms with E-state index in [9.17, 15) is 14.4 Å². The number of methoxy groups -OCH3 is 1. The van der Waals surface area contributed by atoms with E-state index in [0.29, 0.717) is 40.6 Å². The number of likely N-dealkylation sites (N-methyl/N-ethyl adjacent to an activating group) is 1. The molecule has 2 aliphatic rings. The lowest BCUT2D eigenvalue weighted by Gasteiger charge is -2.42. The van der Waals surface area contributed by atoms with Crippen molar-refractivity contribution in [1.29, 1.82) is 0 Å². The molecular formula is C24H26ClN3O6. The normalized spacial score (nSPS) is 21.8. The molecule has 2 heterocycles. The maximum absolute atomic E-state index is 13.3. The lowest BCUT2D eigenvalue weighted by atomic mass is 9.94. The van der Waals surface area contributed by atoms with Gasteiger partial charge in [-0.1, -0.05) is 11.6 Å². The Bertz CT molecular complexity index is 1080. The minimum absolute atomic E-state index is 0.168. The minimum atomic E-state index is -0.452. The van der Waals surface area contributed by atoms with Crippen LogP contribution < -0.4 is 15.4 Å². The summed E-state index contributed by atoms with van der Waals surface area (Å²) in [4.78, 5) is 39.0. The largest absolute Gasteiger partial charge is 0.490 e. The number of esters is 1. The van der Waals surface area contributed by atoms with E-state index in [1.54, 1.807) is 54.4 Å². The first-order chi connectivity index (χ1) is 16.3. The van der Waals surface area contributed by atoms with Crippen molar-refractivity contribution < 1.29 is 28.6 Å². The number of fused-ring (bicyclic) bond motifs is 2. The molecule has 2 aromatic rings. The maximum atomic E-state index is 13.3. The number of anilines is 2. The number of amides is 3. The second kappa shape index (κ2) is 10.3. The van der Waals surface area contributed by atoms with Crippen molar-refractivity contribution in [2.75, 3.05) is 31.4 Å². The molecule has 2 N–H and O–H groups in total. The van der Waals surface area contributed by atoms with Crippen molar-refractivity contribution >= 4 is 40.9 Å². The molecule has 4 rings (SSSR count). The molecule has 0 saturated carbocycles. The van der Waals surface area contributed by atoms with Gasteiger partial charge in [0.05, 0.1) is 31.2 Å². The molecule has 180 valence electrons. The molecule has 2 aliphatic heterocycles. The summed E-state index contributed by atoms with van der Waals surface area (Å²) in [5.41, 5.74) is 1.38. The molecule has 3 atom stereocenters. The number of carbonyl (C=O) groups excluding carboxylic acids is 3. The van der Waals surface area contributed by atoms with E-state index in [2.05, 4.69) is 10.6 Å². The topological polar surface area (TPSA) is 106 Å². The fraction of sp³-hybridized carbons (Fsp3) is 0.375. The number of hydrogen-bond donors (Lipinski definition) is 2. The number of carbonyl (C=O) groups is 3. The van der Waals surface area contributed by atoms with Crippen LogP contribution in [0.2, 0.25) is 5.02 Å². The molecule has 0 aliphatic carbocycles. The third-order valence-electron chi connectivity index (χ3n) is 5.99. The van der Waals surface area contributed by atoms with Crippen LogP contribution in [0.15, 0.2) is 42.5 Å². The fourth-order valence-electron chi connectivity index (χ4n) is 4.20. The summed E-state index contributed by atoms with van der Waals surface area (Å²) in [5.74, 6) is -0.163. The van der Waals surface area contributed by atoms with E-state index in [1.807, 2.05) is 0 Å². The van der Waals surface area contributed by atoms with Crippen LogP contribution >= 0.6 is 11.6 Å². The van der Waals surface area contributed by atoms with Gasteiger partial charge in [0.25, 0.3) is 5.91 Å². The molecule has 0 radical (unpaired) electrons. The lowest BCUT2D eigenvalue weighted by molar-refractivity contribution is -0.151. The number of benzene rings is 2. The summed E-state index contributed by atoms with van der Waals surface area (Å²) in [6.45, 7) is 0.233. The molecule has 10 heteroatoms. The Labute approximate surface area is 202 Å².